The van der Waals surface area contributed by atoms with Gasteiger partial charge in [0.25, 0.3) is 0 Å². The lowest BCUT2D eigenvalue weighted by atomic mass is 10.1. The Hall–Kier alpha value is -0.480. The number of aromatic nitrogens is 1. The number of nitrogens with zero attached hydrogens (tertiary/aromatic N) is 2. The van der Waals surface area contributed by atoms with Crippen LogP contribution >= 0.6 is 34.7 Å². The van der Waals surface area contributed by atoms with Gasteiger partial charge in [0.05, 0.1) is 5.60 Å². The highest BCUT2D eigenvalue weighted by atomic mass is 35.5. The van der Waals surface area contributed by atoms with Crippen molar-refractivity contribution in [2.24, 2.45) is 0 Å². The molecular formula is C9H12ClN3OS2. The zero-order valence-corrected chi connectivity index (χ0v) is 11.3. The second-order valence-electron chi connectivity index (χ2n) is 3.53. The summed E-state index contributed by atoms with van der Waals surface area (Å²) in [6.07, 6.45) is 1.93. The van der Waals surface area contributed by atoms with Crippen LogP contribution in [-0.2, 0) is 0 Å². The Kier molecular flexibility index (Phi) is 4.87. The molecule has 1 aromatic rings. The number of aliphatic hydroxyl groups is 1. The number of hydrogen-bond donors (Lipinski definition) is 2. The molecule has 0 saturated carbocycles. The fraction of sp³-hybridized carbons (Fsp3) is 0.556. The molecule has 1 unspecified atom stereocenters. The van der Waals surface area contributed by atoms with Gasteiger partial charge in [-0.15, -0.1) is 0 Å². The number of nitrogens with one attached hydrogen (secondary N) is 1. The molecule has 0 saturated heterocycles. The molecule has 0 spiro atoms. The maximum atomic E-state index is 9.90. The van der Waals surface area contributed by atoms with Gasteiger partial charge in [-0.2, -0.15) is 17.0 Å². The van der Waals surface area contributed by atoms with Crippen LogP contribution in [0.2, 0.25) is 5.15 Å². The van der Waals surface area contributed by atoms with Crippen molar-refractivity contribution in [1.82, 2.24) is 4.98 Å². The van der Waals surface area contributed by atoms with Crippen molar-refractivity contribution in [2.45, 2.75) is 12.5 Å². The van der Waals surface area contributed by atoms with Gasteiger partial charge in [-0.05, 0) is 13.2 Å². The first-order valence-electron chi connectivity index (χ1n) is 4.50. The quantitative estimate of drug-likeness (QED) is 0.863. The minimum atomic E-state index is -0.801. The first-order chi connectivity index (χ1) is 7.48. The van der Waals surface area contributed by atoms with Crippen molar-refractivity contribution < 1.29 is 5.11 Å². The van der Waals surface area contributed by atoms with Crippen molar-refractivity contribution in [2.75, 3.05) is 23.9 Å². The average Bonchev–Trinajstić information content (AvgIpc) is 2.56. The molecule has 0 aliphatic carbocycles. The number of halogens is 1. The van der Waals surface area contributed by atoms with Gasteiger partial charge >= 0.3 is 0 Å². The van der Waals surface area contributed by atoms with E-state index in [0.717, 1.165) is 0 Å². The first-order valence-corrected chi connectivity index (χ1v) is 7.09. The summed E-state index contributed by atoms with van der Waals surface area (Å²) in [6.45, 7) is 2.12. The van der Waals surface area contributed by atoms with E-state index in [2.05, 4.69) is 10.3 Å². The molecular weight excluding hydrogens is 266 g/mol. The Morgan fingerprint density at radius 2 is 2.44 bits per heavy atom. The Balaban J connectivity index is 2.58. The van der Waals surface area contributed by atoms with Crippen LogP contribution in [0.25, 0.3) is 0 Å². The van der Waals surface area contributed by atoms with E-state index in [9.17, 15) is 5.11 Å². The molecule has 0 fully saturated rings. The van der Waals surface area contributed by atoms with E-state index in [1.165, 1.54) is 11.3 Å². The van der Waals surface area contributed by atoms with Gasteiger partial charge in [0.1, 0.15) is 10.9 Å². The van der Waals surface area contributed by atoms with Gasteiger partial charge in [-0.3, -0.25) is 0 Å². The van der Waals surface area contributed by atoms with Crippen LogP contribution in [0.4, 0.5) is 5.13 Å². The molecule has 0 radical (unpaired) electrons. The third-order valence-electron chi connectivity index (χ3n) is 1.76. The molecule has 0 amide bonds. The standard InChI is InChI=1S/C9H12ClN3OS2/c1-9(14,5-15-2)4-12-8-13-7(10)6(3-11)16-8/h14H,4-5H2,1-2H3,(H,12,13). The third-order valence-corrected chi connectivity index (χ3v) is 3.98. The Bertz CT molecular complexity index is 400. The van der Waals surface area contributed by atoms with Crippen molar-refractivity contribution in [3.05, 3.63) is 10.0 Å². The van der Waals surface area contributed by atoms with Gasteiger partial charge in [0, 0.05) is 12.3 Å². The molecule has 0 bridgehead atoms. The first kappa shape index (κ1) is 13.6. The van der Waals surface area contributed by atoms with Crippen molar-refractivity contribution in [3.8, 4) is 6.07 Å². The van der Waals surface area contributed by atoms with Crippen LogP contribution in [0.15, 0.2) is 0 Å². The van der Waals surface area contributed by atoms with Gasteiger partial charge in [0.15, 0.2) is 10.3 Å². The lowest BCUT2D eigenvalue weighted by molar-refractivity contribution is 0.0997. The molecule has 0 aromatic carbocycles. The van der Waals surface area contributed by atoms with Gasteiger partial charge in [-0.25, -0.2) is 4.98 Å². The van der Waals surface area contributed by atoms with Crippen LogP contribution in [-0.4, -0.2) is 34.2 Å². The third kappa shape index (κ3) is 3.83. The lowest BCUT2D eigenvalue weighted by Gasteiger charge is -2.22. The highest BCUT2D eigenvalue weighted by Gasteiger charge is 2.20. The zero-order chi connectivity index (χ0) is 12.2. The van der Waals surface area contributed by atoms with Crippen LogP contribution in [0, 0.1) is 11.3 Å². The Morgan fingerprint density at radius 1 is 1.75 bits per heavy atom. The van der Waals surface area contributed by atoms with Crippen molar-refractivity contribution >= 4 is 39.8 Å². The molecule has 1 aromatic heterocycles. The Labute approximate surface area is 108 Å². The summed E-state index contributed by atoms with van der Waals surface area (Å²) < 4.78 is 0. The predicted molar refractivity (Wildman–Crippen MR) is 69.3 cm³/mol. The summed E-state index contributed by atoms with van der Waals surface area (Å²) >= 11 is 8.48. The maximum Gasteiger partial charge on any atom is 0.185 e. The number of thioether (sulfide) groups is 1. The molecule has 2 N–H and O–H groups in total. The summed E-state index contributed by atoms with van der Waals surface area (Å²) in [7, 11) is 0. The van der Waals surface area contributed by atoms with Crippen LogP contribution in [0.3, 0.4) is 0 Å². The highest BCUT2D eigenvalue weighted by Crippen LogP contribution is 2.26. The normalized spacial score (nSPS) is 14.2. The van der Waals surface area contributed by atoms with E-state index in [1.54, 1.807) is 18.7 Å². The minimum Gasteiger partial charge on any atom is -0.387 e. The Morgan fingerprint density at radius 3 is 2.94 bits per heavy atom. The number of rotatable bonds is 5. The fourth-order valence-electron chi connectivity index (χ4n) is 1.07. The minimum absolute atomic E-state index is 0.208. The van der Waals surface area contributed by atoms with E-state index in [0.29, 0.717) is 22.3 Å². The van der Waals surface area contributed by atoms with Crippen LogP contribution < -0.4 is 5.32 Å². The monoisotopic (exact) mass is 277 g/mol. The molecule has 0 aliphatic rings. The number of nitriles is 1. The van der Waals surface area contributed by atoms with E-state index in [-0.39, 0.29) is 5.15 Å². The van der Waals surface area contributed by atoms with Crippen molar-refractivity contribution in [1.29, 1.82) is 5.26 Å². The van der Waals surface area contributed by atoms with Crippen LogP contribution in [0.1, 0.15) is 11.8 Å². The summed E-state index contributed by atoms with van der Waals surface area (Å²) in [5.41, 5.74) is -0.801. The summed E-state index contributed by atoms with van der Waals surface area (Å²) in [4.78, 5) is 4.36. The lowest BCUT2D eigenvalue weighted by Crippen LogP contribution is -2.36. The summed E-state index contributed by atoms with van der Waals surface area (Å²) in [5, 5.41) is 22.3. The molecule has 7 heteroatoms. The van der Waals surface area contributed by atoms with E-state index in [4.69, 9.17) is 16.9 Å². The molecule has 0 aliphatic heterocycles. The van der Waals surface area contributed by atoms with E-state index in [1.807, 2.05) is 12.3 Å². The SMILES string of the molecule is CSCC(C)(O)CNc1nc(Cl)c(C#N)s1. The van der Waals surface area contributed by atoms with Gasteiger partial charge in [0.2, 0.25) is 0 Å². The molecule has 1 heterocycles. The maximum absolute atomic E-state index is 9.90. The molecule has 1 atom stereocenters. The highest BCUT2D eigenvalue weighted by molar-refractivity contribution is 7.98. The number of thiazole rings is 1. The molecule has 16 heavy (non-hydrogen) atoms. The summed E-state index contributed by atoms with van der Waals surface area (Å²) in [6, 6.07) is 1.96. The van der Waals surface area contributed by atoms with E-state index >= 15 is 0 Å². The molecule has 1 rings (SSSR count). The van der Waals surface area contributed by atoms with Gasteiger partial charge in [-0.1, -0.05) is 22.9 Å². The summed E-state index contributed by atoms with van der Waals surface area (Å²) in [5.74, 6) is 0.629. The predicted octanol–water partition coefficient (Wildman–Crippen LogP) is 2.19. The zero-order valence-electron chi connectivity index (χ0n) is 8.95. The second-order valence-corrected chi connectivity index (χ2v) is 5.76. The smallest absolute Gasteiger partial charge is 0.185 e. The van der Waals surface area contributed by atoms with Crippen LogP contribution in [0.5, 0.6) is 0 Å². The molecule has 88 valence electrons. The fourth-order valence-corrected chi connectivity index (χ4v) is 2.74. The largest absolute Gasteiger partial charge is 0.387 e. The van der Waals surface area contributed by atoms with E-state index < -0.39 is 5.60 Å². The van der Waals surface area contributed by atoms with Gasteiger partial charge < -0.3 is 10.4 Å². The molecule has 4 nitrogen and oxygen atoms in total. The second kappa shape index (κ2) is 5.73. The topological polar surface area (TPSA) is 68.9 Å². The van der Waals surface area contributed by atoms with Crippen molar-refractivity contribution in [3.63, 3.8) is 0 Å². The number of anilines is 1. The number of hydrogen-bond acceptors (Lipinski definition) is 6. The average molecular weight is 278 g/mol.